The van der Waals surface area contributed by atoms with Crippen LogP contribution in [0.4, 0.5) is 0 Å². The molecule has 1 aromatic rings. The molecule has 0 amide bonds. The molecule has 0 aliphatic carbocycles. The summed E-state index contributed by atoms with van der Waals surface area (Å²) in [5, 5.41) is 4.08. The van der Waals surface area contributed by atoms with Gasteiger partial charge in [-0.3, -0.25) is 4.90 Å². The third-order valence-corrected chi connectivity index (χ3v) is 3.69. The molecule has 1 aliphatic rings. The van der Waals surface area contributed by atoms with Crippen LogP contribution in [0.1, 0.15) is 25.3 Å². The van der Waals surface area contributed by atoms with Crippen LogP contribution < -0.4 is 10.1 Å². The van der Waals surface area contributed by atoms with Crippen molar-refractivity contribution in [2.24, 2.45) is 0 Å². The Balaban J connectivity index is 1.86. The molecule has 1 N–H and O–H groups in total. The molecular formula is C15H23ClN2O. The lowest BCUT2D eigenvalue weighted by Gasteiger charge is -2.17. The van der Waals surface area contributed by atoms with E-state index >= 15 is 0 Å². The number of nitrogens with zero attached hydrogens (tertiary/aromatic N) is 1. The summed E-state index contributed by atoms with van der Waals surface area (Å²) in [6.45, 7) is 8.04. The summed E-state index contributed by atoms with van der Waals surface area (Å²) in [4.78, 5) is 2.46. The van der Waals surface area contributed by atoms with Gasteiger partial charge in [0.2, 0.25) is 0 Å². The molecule has 106 valence electrons. The van der Waals surface area contributed by atoms with Gasteiger partial charge in [-0.15, -0.1) is 0 Å². The van der Waals surface area contributed by atoms with Crippen molar-refractivity contribution in [2.75, 3.05) is 32.8 Å². The van der Waals surface area contributed by atoms with E-state index in [0.29, 0.717) is 0 Å². The van der Waals surface area contributed by atoms with Gasteiger partial charge in [-0.2, -0.15) is 0 Å². The molecule has 0 atom stereocenters. The lowest BCUT2D eigenvalue weighted by Crippen LogP contribution is -2.25. The molecule has 1 saturated heterocycles. The van der Waals surface area contributed by atoms with E-state index in [9.17, 15) is 0 Å². The van der Waals surface area contributed by atoms with Crippen LogP contribution in [-0.2, 0) is 6.54 Å². The smallest absolute Gasteiger partial charge is 0.123 e. The van der Waals surface area contributed by atoms with Gasteiger partial charge >= 0.3 is 0 Å². The predicted molar refractivity (Wildman–Crippen MR) is 80.0 cm³/mol. The van der Waals surface area contributed by atoms with Crippen molar-refractivity contribution < 1.29 is 4.74 Å². The van der Waals surface area contributed by atoms with Crippen molar-refractivity contribution in [3.05, 3.63) is 28.8 Å². The van der Waals surface area contributed by atoms with Gasteiger partial charge in [0.15, 0.2) is 0 Å². The van der Waals surface area contributed by atoms with Gasteiger partial charge in [0.1, 0.15) is 12.4 Å². The topological polar surface area (TPSA) is 24.5 Å². The number of hydrogen-bond acceptors (Lipinski definition) is 3. The highest BCUT2D eigenvalue weighted by Gasteiger charge is 2.11. The van der Waals surface area contributed by atoms with Gasteiger partial charge in [0.25, 0.3) is 0 Å². The highest BCUT2D eigenvalue weighted by atomic mass is 35.5. The Bertz CT molecular complexity index is 392. The van der Waals surface area contributed by atoms with Gasteiger partial charge in [-0.1, -0.05) is 18.5 Å². The van der Waals surface area contributed by atoms with Gasteiger partial charge in [-0.25, -0.2) is 0 Å². The minimum absolute atomic E-state index is 0.751. The maximum absolute atomic E-state index is 6.04. The van der Waals surface area contributed by atoms with Crippen LogP contribution in [-0.4, -0.2) is 37.7 Å². The Morgan fingerprint density at radius 1 is 1.32 bits per heavy atom. The second-order valence-corrected chi connectivity index (χ2v) is 5.37. The van der Waals surface area contributed by atoms with Gasteiger partial charge in [0.05, 0.1) is 0 Å². The van der Waals surface area contributed by atoms with Crippen molar-refractivity contribution in [1.29, 1.82) is 0 Å². The Labute approximate surface area is 120 Å². The fourth-order valence-electron chi connectivity index (χ4n) is 2.38. The molecule has 4 heteroatoms. The first kappa shape index (κ1) is 14.6. The number of benzene rings is 1. The Kier molecular flexibility index (Phi) is 5.95. The van der Waals surface area contributed by atoms with Crippen molar-refractivity contribution in [1.82, 2.24) is 10.2 Å². The summed E-state index contributed by atoms with van der Waals surface area (Å²) in [5.41, 5.74) is 1.13. The zero-order valence-electron chi connectivity index (χ0n) is 11.6. The highest BCUT2D eigenvalue weighted by molar-refractivity contribution is 6.30. The molecule has 0 bridgehead atoms. The first-order chi connectivity index (χ1) is 9.29. The van der Waals surface area contributed by atoms with Gasteiger partial charge < -0.3 is 10.1 Å². The summed E-state index contributed by atoms with van der Waals surface area (Å²) in [6.07, 6.45) is 2.65. The molecule has 1 aliphatic heterocycles. The molecule has 0 spiro atoms. The number of rotatable bonds is 7. The highest BCUT2D eigenvalue weighted by Crippen LogP contribution is 2.23. The van der Waals surface area contributed by atoms with Crippen LogP contribution in [0, 0.1) is 0 Å². The fraction of sp³-hybridized carbons (Fsp3) is 0.600. The van der Waals surface area contributed by atoms with E-state index in [1.54, 1.807) is 0 Å². The van der Waals surface area contributed by atoms with Crippen LogP contribution >= 0.6 is 11.6 Å². The Morgan fingerprint density at radius 2 is 2.11 bits per heavy atom. The maximum atomic E-state index is 6.04. The van der Waals surface area contributed by atoms with E-state index in [1.165, 1.54) is 25.9 Å². The molecule has 3 nitrogen and oxygen atoms in total. The van der Waals surface area contributed by atoms with E-state index in [-0.39, 0.29) is 0 Å². The lowest BCUT2D eigenvalue weighted by molar-refractivity contribution is 0.236. The minimum Gasteiger partial charge on any atom is -0.492 e. The fourth-order valence-corrected chi connectivity index (χ4v) is 2.57. The van der Waals surface area contributed by atoms with Crippen molar-refractivity contribution in [2.45, 2.75) is 26.3 Å². The summed E-state index contributed by atoms with van der Waals surface area (Å²) < 4.78 is 5.91. The van der Waals surface area contributed by atoms with Crippen molar-refractivity contribution in [3.63, 3.8) is 0 Å². The first-order valence-electron chi connectivity index (χ1n) is 7.14. The minimum atomic E-state index is 0.751. The number of ether oxygens (including phenoxy) is 1. The summed E-state index contributed by atoms with van der Waals surface area (Å²) in [5.74, 6) is 0.949. The van der Waals surface area contributed by atoms with Gasteiger partial charge in [-0.05, 0) is 50.7 Å². The average molecular weight is 283 g/mol. The standard InChI is InChI=1S/C15H23ClN2O/c1-2-17-12-13-11-14(16)5-6-15(13)19-10-9-18-7-3-4-8-18/h5-6,11,17H,2-4,7-10,12H2,1H3. The summed E-state index contributed by atoms with van der Waals surface area (Å²) in [6, 6.07) is 5.84. The predicted octanol–water partition coefficient (Wildman–Crippen LogP) is 2.92. The summed E-state index contributed by atoms with van der Waals surface area (Å²) in [7, 11) is 0. The van der Waals surface area contributed by atoms with Crippen molar-refractivity contribution >= 4 is 11.6 Å². The molecule has 0 unspecified atom stereocenters. The number of nitrogens with one attached hydrogen (secondary N) is 1. The van der Waals surface area contributed by atoms with E-state index in [4.69, 9.17) is 16.3 Å². The van der Waals surface area contributed by atoms with Crippen LogP contribution in [0.25, 0.3) is 0 Å². The molecule has 2 rings (SSSR count). The van der Waals surface area contributed by atoms with E-state index in [0.717, 1.165) is 42.6 Å². The molecule has 0 saturated carbocycles. The zero-order valence-corrected chi connectivity index (χ0v) is 12.4. The third-order valence-electron chi connectivity index (χ3n) is 3.45. The average Bonchev–Trinajstić information content (AvgIpc) is 2.91. The van der Waals surface area contributed by atoms with E-state index in [1.807, 2.05) is 18.2 Å². The normalized spacial score (nSPS) is 15.9. The molecule has 1 heterocycles. The van der Waals surface area contributed by atoms with Crippen molar-refractivity contribution in [3.8, 4) is 5.75 Å². The second kappa shape index (κ2) is 7.73. The number of hydrogen-bond donors (Lipinski definition) is 1. The van der Waals surface area contributed by atoms with Crippen LogP contribution in [0.3, 0.4) is 0 Å². The number of likely N-dealkylation sites (tertiary alicyclic amines) is 1. The summed E-state index contributed by atoms with van der Waals surface area (Å²) >= 11 is 6.04. The molecular weight excluding hydrogens is 260 g/mol. The van der Waals surface area contributed by atoms with Crippen LogP contribution in [0.2, 0.25) is 5.02 Å². The quantitative estimate of drug-likeness (QED) is 0.832. The molecule has 1 fully saturated rings. The molecule has 19 heavy (non-hydrogen) atoms. The third kappa shape index (κ3) is 4.68. The molecule has 0 aromatic heterocycles. The largest absolute Gasteiger partial charge is 0.492 e. The SMILES string of the molecule is CCNCc1cc(Cl)ccc1OCCN1CCCC1. The van der Waals surface area contributed by atoms with E-state index in [2.05, 4.69) is 17.1 Å². The van der Waals surface area contributed by atoms with Crippen LogP contribution in [0.5, 0.6) is 5.75 Å². The lowest BCUT2D eigenvalue weighted by atomic mass is 10.2. The Morgan fingerprint density at radius 3 is 2.84 bits per heavy atom. The second-order valence-electron chi connectivity index (χ2n) is 4.93. The van der Waals surface area contributed by atoms with Crippen LogP contribution in [0.15, 0.2) is 18.2 Å². The number of halogens is 1. The zero-order chi connectivity index (χ0) is 13.5. The monoisotopic (exact) mass is 282 g/mol. The maximum Gasteiger partial charge on any atom is 0.123 e. The van der Waals surface area contributed by atoms with Gasteiger partial charge in [0, 0.05) is 23.7 Å². The Hall–Kier alpha value is -0.770. The molecule has 1 aromatic carbocycles. The first-order valence-corrected chi connectivity index (χ1v) is 7.51. The molecule has 0 radical (unpaired) electrons. The van der Waals surface area contributed by atoms with E-state index < -0.39 is 0 Å².